The predicted molar refractivity (Wildman–Crippen MR) is 38.5 cm³/mol. The van der Waals surface area contributed by atoms with E-state index in [9.17, 15) is 35.5 Å². The van der Waals surface area contributed by atoms with E-state index in [1.807, 2.05) is 0 Å². The molecule has 0 radical (unpaired) electrons. The summed E-state index contributed by atoms with van der Waals surface area (Å²) in [7, 11) is 0.0923. The summed E-state index contributed by atoms with van der Waals surface area (Å²) in [4.78, 5) is 9.68. The van der Waals surface area contributed by atoms with Crippen LogP contribution < -0.4 is 0 Å². The van der Waals surface area contributed by atoms with Crippen LogP contribution in [0.4, 0.5) is 30.7 Å². The van der Waals surface area contributed by atoms with Gasteiger partial charge < -0.3 is 9.47 Å². The van der Waals surface area contributed by atoms with E-state index in [0.29, 0.717) is 0 Å². The summed E-state index contributed by atoms with van der Waals surface area (Å²) in [5.41, 5.74) is 0. The zero-order valence-corrected chi connectivity index (χ0v) is 8.28. The Labute approximate surface area is 90.5 Å². The highest BCUT2D eigenvalue weighted by atomic mass is 19.4. The van der Waals surface area contributed by atoms with E-state index in [1.165, 1.54) is 0 Å². The Balaban J connectivity index is 4.73. The number of carbonyl (C=O) groups is 1. The molecule has 0 spiro atoms. The lowest BCUT2D eigenvalue weighted by molar-refractivity contribution is -0.445. The molecule has 0 N–H and O–H groups in total. The molecule has 0 aliphatic carbocycles. The molecule has 17 heavy (non-hydrogen) atoms. The zero-order chi connectivity index (χ0) is 13.9. The Bertz CT molecular complexity index is 279. The van der Waals surface area contributed by atoms with Gasteiger partial charge in [-0.2, -0.15) is 30.7 Å². The molecule has 0 aromatic rings. The van der Waals surface area contributed by atoms with Crippen LogP contribution in [-0.2, 0) is 14.3 Å². The molecule has 0 aromatic heterocycles. The number of methoxy groups -OCH3 is 1. The predicted octanol–water partition coefficient (Wildman–Crippen LogP) is 2.36. The summed E-state index contributed by atoms with van der Waals surface area (Å²) in [5, 5.41) is 0. The number of ether oxygens (including phenoxy) is 2. The number of hydrogen-bond acceptors (Lipinski definition) is 3. The van der Waals surface area contributed by atoms with Crippen LogP contribution in [0.1, 0.15) is 6.42 Å². The van der Waals surface area contributed by atoms with Crippen LogP contribution in [-0.4, -0.2) is 37.9 Å². The monoisotopic (exact) mass is 272 g/mol. The fourth-order valence-electron chi connectivity index (χ4n) is 0.648. The molecular formula is C7H7F7O3. The van der Waals surface area contributed by atoms with Crippen LogP contribution in [0.2, 0.25) is 0 Å². The molecule has 0 aliphatic rings. The van der Waals surface area contributed by atoms with Gasteiger partial charge in [0.25, 0.3) is 0 Å². The first-order chi connectivity index (χ1) is 7.48. The third kappa shape index (κ3) is 3.53. The highest BCUT2D eigenvalue weighted by molar-refractivity contribution is 5.67. The first-order valence-corrected chi connectivity index (χ1v) is 3.99. The maximum Gasteiger partial charge on any atom is 0.428 e. The van der Waals surface area contributed by atoms with Crippen molar-refractivity contribution in [2.24, 2.45) is 0 Å². The van der Waals surface area contributed by atoms with Crippen molar-refractivity contribution >= 4 is 6.04 Å². The maximum atomic E-state index is 12.6. The van der Waals surface area contributed by atoms with Gasteiger partial charge in [-0.25, -0.2) is 0 Å². The fourth-order valence-corrected chi connectivity index (χ4v) is 0.648. The Morgan fingerprint density at radius 3 is 1.88 bits per heavy atom. The minimum absolute atomic E-state index is 0.0923. The topological polar surface area (TPSA) is 35.5 Å². The molecule has 0 fully saturated rings. The van der Waals surface area contributed by atoms with Crippen LogP contribution >= 0.6 is 0 Å². The second-order valence-corrected chi connectivity index (χ2v) is 2.77. The number of alkyl halides is 6. The Hall–Kier alpha value is -0.900. The Morgan fingerprint density at radius 1 is 1.06 bits per heavy atom. The average molecular weight is 272 g/mol. The number of rotatable bonds is 7. The van der Waals surface area contributed by atoms with Crippen molar-refractivity contribution in [3.8, 4) is 0 Å². The Morgan fingerprint density at radius 2 is 1.53 bits per heavy atom. The van der Waals surface area contributed by atoms with Gasteiger partial charge in [-0.3, -0.25) is 4.79 Å². The van der Waals surface area contributed by atoms with Gasteiger partial charge >= 0.3 is 24.2 Å². The fraction of sp³-hybridized carbons (Fsp3) is 0.857. The third-order valence-corrected chi connectivity index (χ3v) is 1.57. The largest absolute Gasteiger partial charge is 0.428 e. The first-order valence-electron chi connectivity index (χ1n) is 3.99. The molecule has 0 aliphatic heterocycles. The molecule has 10 heteroatoms. The molecule has 0 unspecified atom stereocenters. The van der Waals surface area contributed by atoms with Crippen molar-refractivity contribution in [3.63, 3.8) is 0 Å². The highest BCUT2D eigenvalue weighted by Crippen LogP contribution is 2.46. The lowest BCUT2D eigenvalue weighted by Crippen LogP contribution is -2.56. The van der Waals surface area contributed by atoms with Gasteiger partial charge in [-0.1, -0.05) is 0 Å². The Kier molecular flexibility index (Phi) is 4.90. The van der Waals surface area contributed by atoms with Gasteiger partial charge in [-0.15, -0.1) is 0 Å². The number of carbonyl (C=O) groups excluding carboxylic acids is 1. The van der Waals surface area contributed by atoms with Crippen LogP contribution in [0.15, 0.2) is 0 Å². The molecule has 0 rings (SSSR count). The molecule has 0 bridgehead atoms. The van der Waals surface area contributed by atoms with Crippen molar-refractivity contribution < 1.29 is 45.0 Å². The average Bonchev–Trinajstić information content (AvgIpc) is 2.16. The summed E-state index contributed by atoms with van der Waals surface area (Å²) in [6, 6.07) is -2.11. The van der Waals surface area contributed by atoms with Crippen molar-refractivity contribution in [3.05, 3.63) is 0 Å². The van der Waals surface area contributed by atoms with Crippen molar-refractivity contribution in [2.75, 3.05) is 13.7 Å². The third-order valence-electron chi connectivity index (χ3n) is 1.57. The molecule has 0 amide bonds. The van der Waals surface area contributed by atoms with E-state index >= 15 is 0 Å². The highest BCUT2D eigenvalue weighted by Gasteiger charge is 2.74. The lowest BCUT2D eigenvalue weighted by Gasteiger charge is -2.30. The lowest BCUT2D eigenvalue weighted by atomic mass is 10.3. The molecule has 0 heterocycles. The second-order valence-electron chi connectivity index (χ2n) is 2.77. The van der Waals surface area contributed by atoms with E-state index in [2.05, 4.69) is 9.47 Å². The van der Waals surface area contributed by atoms with Crippen molar-refractivity contribution in [1.29, 1.82) is 0 Å². The van der Waals surface area contributed by atoms with Crippen LogP contribution in [0, 0.1) is 0 Å². The molecule has 0 aromatic carbocycles. The maximum absolute atomic E-state index is 12.6. The van der Waals surface area contributed by atoms with Crippen molar-refractivity contribution in [2.45, 2.75) is 24.6 Å². The van der Waals surface area contributed by atoms with E-state index < -0.39 is 37.2 Å². The minimum Gasteiger partial charge on any atom is -0.319 e. The van der Waals surface area contributed by atoms with E-state index in [0.717, 1.165) is 0 Å². The summed E-state index contributed by atoms with van der Waals surface area (Å²) >= 11 is 0. The van der Waals surface area contributed by atoms with Crippen molar-refractivity contribution in [1.82, 2.24) is 0 Å². The van der Waals surface area contributed by atoms with E-state index in [4.69, 9.17) is 0 Å². The van der Waals surface area contributed by atoms with Gasteiger partial charge in [-0.05, 0) is 0 Å². The number of hydrogen-bond donors (Lipinski definition) is 0. The standard InChI is InChI=1S/C7H7F7O3/c1-16-6(11,12)5(9,10)7(13,14)17-3-2-4(8)15/h2-3H2,1H3. The molecule has 0 atom stereocenters. The molecule has 0 saturated carbocycles. The molecular weight excluding hydrogens is 265 g/mol. The minimum atomic E-state index is -5.96. The molecule has 3 nitrogen and oxygen atoms in total. The molecule has 102 valence electrons. The van der Waals surface area contributed by atoms with Gasteiger partial charge in [0.2, 0.25) is 0 Å². The smallest absolute Gasteiger partial charge is 0.319 e. The van der Waals surface area contributed by atoms with Crippen LogP contribution in [0.5, 0.6) is 0 Å². The normalized spacial score (nSPS) is 13.9. The van der Waals surface area contributed by atoms with Gasteiger partial charge in [0.15, 0.2) is 0 Å². The summed E-state index contributed by atoms with van der Waals surface area (Å²) < 4.78 is 92.5. The number of halogens is 7. The van der Waals surface area contributed by atoms with Crippen LogP contribution in [0.25, 0.3) is 0 Å². The van der Waals surface area contributed by atoms with Crippen LogP contribution in [0.3, 0.4) is 0 Å². The van der Waals surface area contributed by atoms with Gasteiger partial charge in [0.05, 0.1) is 13.0 Å². The van der Waals surface area contributed by atoms with E-state index in [1.54, 1.807) is 0 Å². The first kappa shape index (κ1) is 16.1. The van der Waals surface area contributed by atoms with Gasteiger partial charge in [0, 0.05) is 7.11 Å². The zero-order valence-electron chi connectivity index (χ0n) is 8.28. The quantitative estimate of drug-likeness (QED) is 0.527. The van der Waals surface area contributed by atoms with Gasteiger partial charge in [0.1, 0.15) is 0 Å². The second kappa shape index (κ2) is 5.17. The summed E-state index contributed by atoms with van der Waals surface area (Å²) in [5.74, 6) is -5.96. The van der Waals surface area contributed by atoms with E-state index in [-0.39, 0.29) is 7.11 Å². The summed E-state index contributed by atoms with van der Waals surface area (Å²) in [6.45, 7) is -1.47. The SMILES string of the molecule is COC(F)(F)C(F)(F)C(F)(F)OCCC(=O)F. The molecule has 0 saturated heterocycles. The summed E-state index contributed by atoms with van der Waals surface area (Å²) in [6.07, 6.45) is -12.3.